The predicted molar refractivity (Wildman–Crippen MR) is 143 cm³/mol. The number of fused-ring (bicyclic) bond motifs is 3. The van der Waals surface area contributed by atoms with Crippen molar-refractivity contribution in [2.24, 2.45) is 0 Å². The summed E-state index contributed by atoms with van der Waals surface area (Å²) in [7, 11) is -1.77. The van der Waals surface area contributed by atoms with Crippen molar-refractivity contribution in [2.75, 3.05) is 18.5 Å². The maximum atomic E-state index is 12.6. The van der Waals surface area contributed by atoms with Crippen LogP contribution in [-0.2, 0) is 4.57 Å². The van der Waals surface area contributed by atoms with E-state index in [9.17, 15) is 32.4 Å². The van der Waals surface area contributed by atoms with Crippen LogP contribution < -0.4 is 5.63 Å². The molecule has 3 aromatic rings. The van der Waals surface area contributed by atoms with E-state index in [4.69, 9.17) is 4.42 Å². The number of alkyl halides is 3. The van der Waals surface area contributed by atoms with Crippen LogP contribution in [-0.4, -0.2) is 41.0 Å². The van der Waals surface area contributed by atoms with Crippen LogP contribution in [0.2, 0.25) is 0 Å². The van der Waals surface area contributed by atoms with Gasteiger partial charge in [0.2, 0.25) is 0 Å². The van der Waals surface area contributed by atoms with Crippen molar-refractivity contribution < 1.29 is 86.9 Å². The van der Waals surface area contributed by atoms with Gasteiger partial charge in [0.1, 0.15) is 11.3 Å². The van der Waals surface area contributed by atoms with Gasteiger partial charge in [0.25, 0.3) is 5.78 Å². The van der Waals surface area contributed by atoms with Gasteiger partial charge in [0.05, 0.1) is 12.5 Å². The first-order chi connectivity index (χ1) is 17.0. The van der Waals surface area contributed by atoms with E-state index in [1.165, 1.54) is 25.3 Å². The second kappa shape index (κ2) is 16.9. The van der Waals surface area contributed by atoms with Crippen LogP contribution in [0, 0.1) is 49.4 Å². The number of rotatable bonds is 10. The molecule has 38 heavy (non-hydrogen) atoms. The molecule has 3 rings (SSSR count). The van der Waals surface area contributed by atoms with E-state index < -0.39 is 36.0 Å². The van der Waals surface area contributed by atoms with E-state index in [-0.39, 0.29) is 65.8 Å². The maximum Gasteiger partial charge on any atom is 0.455 e. The summed E-state index contributed by atoms with van der Waals surface area (Å²) in [5.74, 6) is -3.46. The molecular formula is C27H36EuF3O6P. The molecule has 0 saturated heterocycles. The van der Waals surface area contributed by atoms with Crippen LogP contribution in [0.3, 0.4) is 0 Å². The van der Waals surface area contributed by atoms with Crippen LogP contribution in [0.15, 0.2) is 45.6 Å². The van der Waals surface area contributed by atoms with E-state index in [0.29, 0.717) is 10.8 Å². The monoisotopic (exact) mass is 697 g/mol. The van der Waals surface area contributed by atoms with Gasteiger partial charge in [0, 0.05) is 67.9 Å². The Bertz CT molecular complexity index is 1260. The number of carbonyl (C=O) groups excluding carboxylic acids is 1. The fourth-order valence-corrected chi connectivity index (χ4v) is 7.32. The molecule has 213 valence electrons. The Balaban J connectivity index is 0.000000755. The molecule has 1 aromatic heterocycles. The molecule has 0 spiro atoms. The van der Waals surface area contributed by atoms with Gasteiger partial charge < -0.3 is 19.6 Å². The third kappa shape index (κ3) is 9.85. The Morgan fingerprint density at radius 3 is 1.89 bits per heavy atom. The van der Waals surface area contributed by atoms with Crippen LogP contribution in [0.25, 0.3) is 21.7 Å². The van der Waals surface area contributed by atoms with Crippen molar-refractivity contribution in [3.05, 3.63) is 52.4 Å². The average molecular weight is 697 g/mol. The number of ketones is 1. The Kier molecular flexibility index (Phi) is 16.4. The zero-order chi connectivity index (χ0) is 26.9. The molecule has 0 bridgehead atoms. The number of aromatic hydroxyl groups is 1. The molecule has 2 aromatic carbocycles. The van der Waals surface area contributed by atoms with E-state index in [1.54, 1.807) is 30.3 Å². The molecule has 0 fully saturated rings. The average Bonchev–Trinajstić information content (AvgIpc) is 2.84. The third-order valence-electron chi connectivity index (χ3n) is 6.01. The van der Waals surface area contributed by atoms with E-state index in [0.717, 1.165) is 37.7 Å². The molecule has 0 aliphatic rings. The molecule has 1 radical (unpaired) electrons. The van der Waals surface area contributed by atoms with Crippen molar-refractivity contribution in [3.8, 4) is 5.75 Å². The Morgan fingerprint density at radius 2 is 1.42 bits per heavy atom. The standard InChI is InChI=1S/C15H7F3O4.C12H27OP.Eu.H2O/c16-15(17,18)13(20)11-12(19)10-8-4-2-1-3-7(8)5-6-9(10)22-14(11)21;1-4-7-10-14(13,11-8-5-2)12-9-6-3;;/h1-6,19H;4-12H2,1-3H3;;1H2. The second-order valence-electron chi connectivity index (χ2n) is 8.89. The summed E-state index contributed by atoms with van der Waals surface area (Å²) in [6.07, 6.45) is 4.74. The second-order valence-corrected chi connectivity index (χ2v) is 12.3. The Hall–Kier alpha value is -1.06. The van der Waals surface area contributed by atoms with Gasteiger partial charge in [-0.2, -0.15) is 13.2 Å². The molecule has 0 unspecified atom stereocenters. The number of hydrogen-bond donors (Lipinski definition) is 1. The van der Waals surface area contributed by atoms with E-state index >= 15 is 0 Å². The largest absolute Gasteiger partial charge is 0.506 e. The summed E-state index contributed by atoms with van der Waals surface area (Å²) in [4.78, 5) is 23.0. The van der Waals surface area contributed by atoms with Crippen molar-refractivity contribution in [1.82, 2.24) is 0 Å². The van der Waals surface area contributed by atoms with Crippen molar-refractivity contribution in [3.63, 3.8) is 0 Å². The van der Waals surface area contributed by atoms with Crippen molar-refractivity contribution >= 4 is 34.7 Å². The smallest absolute Gasteiger partial charge is 0.455 e. The van der Waals surface area contributed by atoms with E-state index in [2.05, 4.69) is 20.8 Å². The minimum Gasteiger partial charge on any atom is -0.506 e. The first kappa shape index (κ1) is 36.9. The Labute approximate surface area is 261 Å². The summed E-state index contributed by atoms with van der Waals surface area (Å²) in [6, 6.07) is 9.46. The number of halogens is 3. The molecule has 0 saturated carbocycles. The van der Waals surface area contributed by atoms with Gasteiger partial charge in [-0.05, 0) is 36.1 Å². The number of hydrogen-bond acceptors (Lipinski definition) is 5. The fraction of sp³-hybridized carbons (Fsp3) is 0.481. The van der Waals surface area contributed by atoms with Crippen molar-refractivity contribution in [1.29, 1.82) is 0 Å². The first-order valence-electron chi connectivity index (χ1n) is 12.3. The minimum atomic E-state index is -5.29. The third-order valence-corrected chi connectivity index (χ3v) is 9.41. The van der Waals surface area contributed by atoms with Crippen LogP contribution in [0.4, 0.5) is 13.2 Å². The van der Waals surface area contributed by atoms with Crippen LogP contribution >= 0.6 is 7.14 Å². The van der Waals surface area contributed by atoms with Crippen LogP contribution in [0.5, 0.6) is 5.75 Å². The molecule has 3 N–H and O–H groups in total. The summed E-state index contributed by atoms with van der Waals surface area (Å²) >= 11 is 0. The molecule has 11 heteroatoms. The quantitative estimate of drug-likeness (QED) is 0.103. The van der Waals surface area contributed by atoms with Gasteiger partial charge in [-0.15, -0.1) is 0 Å². The number of unbranched alkanes of at least 4 members (excludes halogenated alkanes) is 3. The van der Waals surface area contributed by atoms with Gasteiger partial charge in [0.15, 0.2) is 5.56 Å². The summed E-state index contributed by atoms with van der Waals surface area (Å²) < 4.78 is 55.0. The van der Waals surface area contributed by atoms with Crippen LogP contribution in [0.1, 0.15) is 69.7 Å². The van der Waals surface area contributed by atoms with E-state index in [1.807, 2.05) is 0 Å². The molecule has 0 amide bonds. The normalized spacial score (nSPS) is 11.3. The first-order valence-corrected chi connectivity index (χ1v) is 14.6. The predicted octanol–water partition coefficient (Wildman–Crippen LogP) is 7.32. The topological polar surface area (TPSA) is 116 Å². The Morgan fingerprint density at radius 1 is 0.921 bits per heavy atom. The molecule has 0 atom stereocenters. The fourth-order valence-electron chi connectivity index (χ4n) is 3.97. The summed E-state index contributed by atoms with van der Waals surface area (Å²) in [5, 5.41) is 11.0. The van der Waals surface area contributed by atoms with Gasteiger partial charge in [-0.3, -0.25) is 4.79 Å². The zero-order valence-electron chi connectivity index (χ0n) is 21.9. The maximum absolute atomic E-state index is 12.6. The molecule has 6 nitrogen and oxygen atoms in total. The molecular weight excluding hydrogens is 660 g/mol. The molecule has 0 aliphatic heterocycles. The van der Waals surface area contributed by atoms with Gasteiger partial charge in [-0.1, -0.05) is 70.4 Å². The summed E-state index contributed by atoms with van der Waals surface area (Å²) in [6.45, 7) is 6.55. The number of Topliss-reactive ketones (excluding diaryl/α,β-unsaturated/α-hetero) is 1. The SMILES string of the molecule is CCCCP(=O)(CCCC)CCCC.O.O=C(c1c(O)c2c(ccc3ccccc32)oc1=O)C(F)(F)F.[Eu]. The summed E-state index contributed by atoms with van der Waals surface area (Å²) in [5.41, 5.74) is -3.03. The minimum absolute atomic E-state index is 0. The number of benzene rings is 2. The van der Waals surface area contributed by atoms with Gasteiger partial charge in [-0.25, -0.2) is 4.79 Å². The molecule has 0 aliphatic carbocycles. The van der Waals surface area contributed by atoms with Gasteiger partial charge >= 0.3 is 11.8 Å². The number of carbonyl (C=O) groups is 1. The molecule has 1 heterocycles. The zero-order valence-corrected chi connectivity index (χ0v) is 25.2. The van der Waals surface area contributed by atoms with Crippen molar-refractivity contribution in [2.45, 2.75) is 65.5 Å².